The molecule has 1 nitrogen and oxygen atoms in total. The second kappa shape index (κ2) is 4.94. The van der Waals surface area contributed by atoms with Gasteiger partial charge in [-0.05, 0) is 31.2 Å². The molecule has 1 aromatic carbocycles. The van der Waals surface area contributed by atoms with Crippen LogP contribution in [0.2, 0.25) is 0 Å². The topological polar surface area (TPSA) is 23.8 Å². The summed E-state index contributed by atoms with van der Waals surface area (Å²) < 4.78 is 13.5. The molecule has 0 aliphatic rings. The molecule has 0 aliphatic carbocycles. The predicted molar refractivity (Wildman–Crippen MR) is 68.9 cm³/mol. The fraction of sp³-hybridized carbons (Fsp3) is 0.0714. The molecule has 0 fully saturated rings. The highest BCUT2D eigenvalue weighted by molar-refractivity contribution is 7.12. The van der Waals surface area contributed by atoms with E-state index in [1.54, 1.807) is 35.6 Å². The van der Waals surface area contributed by atoms with Crippen LogP contribution in [0.5, 0.6) is 0 Å². The van der Waals surface area contributed by atoms with Gasteiger partial charge in [-0.3, -0.25) is 0 Å². The van der Waals surface area contributed by atoms with Gasteiger partial charge in [0.25, 0.3) is 0 Å². The van der Waals surface area contributed by atoms with Gasteiger partial charge in [-0.1, -0.05) is 18.2 Å². The maximum atomic E-state index is 13.5. The highest BCUT2D eigenvalue weighted by Gasteiger charge is 2.07. The number of nitrogens with zero attached hydrogens (tertiary/aromatic N) is 1. The zero-order valence-electron chi connectivity index (χ0n) is 9.27. The lowest BCUT2D eigenvalue weighted by atomic mass is 10.1. The molecule has 2 aromatic rings. The Labute approximate surface area is 103 Å². The minimum absolute atomic E-state index is 0.348. The van der Waals surface area contributed by atoms with Gasteiger partial charge in [0.1, 0.15) is 5.82 Å². The largest absolute Gasteiger partial charge is 0.206 e. The molecule has 84 valence electrons. The second-order valence-electron chi connectivity index (χ2n) is 3.60. The maximum Gasteiger partial charge on any atom is 0.131 e. The van der Waals surface area contributed by atoms with Gasteiger partial charge < -0.3 is 0 Å². The van der Waals surface area contributed by atoms with Gasteiger partial charge in [0, 0.05) is 15.3 Å². The Hall–Kier alpha value is -1.92. The first-order chi connectivity index (χ1) is 8.20. The van der Waals surface area contributed by atoms with Crippen molar-refractivity contribution in [1.82, 2.24) is 0 Å². The summed E-state index contributed by atoms with van der Waals surface area (Å²) in [5.74, 6) is -0.367. The molecule has 0 radical (unpaired) electrons. The van der Waals surface area contributed by atoms with Crippen LogP contribution in [-0.4, -0.2) is 0 Å². The third-order valence-corrected chi connectivity index (χ3v) is 3.28. The van der Waals surface area contributed by atoms with Gasteiger partial charge in [-0.2, -0.15) is 5.26 Å². The normalized spacial score (nSPS) is 11.2. The standard InChI is InChI=1S/C14H10FNS/c1-10-6-7-12(17-10)8-11(9-16)13-4-2-3-5-14(13)15/h2-8H,1H3/b11-8-. The van der Waals surface area contributed by atoms with E-state index < -0.39 is 0 Å². The van der Waals surface area contributed by atoms with Gasteiger partial charge in [0.05, 0.1) is 11.6 Å². The van der Waals surface area contributed by atoms with Crippen LogP contribution in [0.25, 0.3) is 11.6 Å². The molecule has 0 saturated carbocycles. The Morgan fingerprint density at radius 3 is 2.65 bits per heavy atom. The van der Waals surface area contributed by atoms with Crippen LogP contribution in [0.15, 0.2) is 36.4 Å². The quantitative estimate of drug-likeness (QED) is 0.723. The van der Waals surface area contributed by atoms with Crippen molar-refractivity contribution in [2.75, 3.05) is 0 Å². The van der Waals surface area contributed by atoms with Crippen molar-refractivity contribution < 1.29 is 4.39 Å². The van der Waals surface area contributed by atoms with E-state index in [-0.39, 0.29) is 5.82 Å². The number of thiophene rings is 1. The number of allylic oxidation sites excluding steroid dienone is 1. The van der Waals surface area contributed by atoms with Crippen molar-refractivity contribution in [2.24, 2.45) is 0 Å². The van der Waals surface area contributed by atoms with E-state index in [0.717, 1.165) is 4.88 Å². The first kappa shape index (κ1) is 11.6. The minimum Gasteiger partial charge on any atom is -0.206 e. The summed E-state index contributed by atoms with van der Waals surface area (Å²) in [7, 11) is 0. The predicted octanol–water partition coefficient (Wildman–Crippen LogP) is 4.26. The molecule has 0 aliphatic heterocycles. The van der Waals surface area contributed by atoms with Crippen molar-refractivity contribution in [2.45, 2.75) is 6.92 Å². The summed E-state index contributed by atoms with van der Waals surface area (Å²) in [6, 6.07) is 12.3. The van der Waals surface area contributed by atoms with Crippen LogP contribution >= 0.6 is 11.3 Å². The zero-order chi connectivity index (χ0) is 12.3. The van der Waals surface area contributed by atoms with E-state index in [9.17, 15) is 4.39 Å². The van der Waals surface area contributed by atoms with E-state index >= 15 is 0 Å². The lowest BCUT2D eigenvalue weighted by molar-refractivity contribution is 0.624. The molecule has 0 saturated heterocycles. The van der Waals surface area contributed by atoms with Crippen LogP contribution in [-0.2, 0) is 0 Å². The van der Waals surface area contributed by atoms with Crippen molar-refractivity contribution in [3.8, 4) is 6.07 Å². The molecule has 0 bridgehead atoms. The summed E-state index contributed by atoms with van der Waals surface area (Å²) in [5.41, 5.74) is 0.700. The summed E-state index contributed by atoms with van der Waals surface area (Å²) >= 11 is 1.58. The number of aryl methyl sites for hydroxylation is 1. The van der Waals surface area contributed by atoms with E-state index in [1.165, 1.54) is 10.9 Å². The lowest BCUT2D eigenvalue weighted by Crippen LogP contribution is -1.86. The monoisotopic (exact) mass is 243 g/mol. The summed E-state index contributed by atoms with van der Waals surface area (Å²) in [4.78, 5) is 2.13. The van der Waals surface area contributed by atoms with Gasteiger partial charge >= 0.3 is 0 Å². The minimum atomic E-state index is -0.367. The zero-order valence-corrected chi connectivity index (χ0v) is 10.1. The van der Waals surface area contributed by atoms with Gasteiger partial charge in [0.15, 0.2) is 0 Å². The van der Waals surface area contributed by atoms with Crippen molar-refractivity contribution in [1.29, 1.82) is 5.26 Å². The van der Waals surface area contributed by atoms with E-state index in [0.29, 0.717) is 11.1 Å². The molecular formula is C14H10FNS. The fourth-order valence-corrected chi connectivity index (χ4v) is 2.34. The Morgan fingerprint density at radius 1 is 1.29 bits per heavy atom. The molecule has 0 amide bonds. The Kier molecular flexibility index (Phi) is 3.36. The fourth-order valence-electron chi connectivity index (χ4n) is 1.52. The third kappa shape index (κ3) is 2.61. The summed E-state index contributed by atoms with van der Waals surface area (Å²) in [6.07, 6.45) is 1.72. The van der Waals surface area contributed by atoms with Gasteiger partial charge in [0.2, 0.25) is 0 Å². The van der Waals surface area contributed by atoms with Crippen LogP contribution in [0.4, 0.5) is 4.39 Å². The molecule has 17 heavy (non-hydrogen) atoms. The number of rotatable bonds is 2. The molecule has 0 N–H and O–H groups in total. The summed E-state index contributed by atoms with van der Waals surface area (Å²) in [5, 5.41) is 9.09. The number of nitriles is 1. The first-order valence-electron chi connectivity index (χ1n) is 5.14. The maximum absolute atomic E-state index is 13.5. The Balaban J connectivity index is 2.45. The van der Waals surface area contributed by atoms with Crippen LogP contribution in [0, 0.1) is 24.1 Å². The van der Waals surface area contributed by atoms with Crippen molar-refractivity contribution in [3.05, 3.63) is 57.5 Å². The molecule has 3 heteroatoms. The van der Waals surface area contributed by atoms with Gasteiger partial charge in [-0.25, -0.2) is 4.39 Å². The van der Waals surface area contributed by atoms with Crippen molar-refractivity contribution in [3.63, 3.8) is 0 Å². The van der Waals surface area contributed by atoms with E-state index in [1.807, 2.05) is 25.1 Å². The number of halogens is 1. The van der Waals surface area contributed by atoms with Crippen LogP contribution in [0.3, 0.4) is 0 Å². The average Bonchev–Trinajstić information content (AvgIpc) is 2.73. The Morgan fingerprint density at radius 2 is 2.06 bits per heavy atom. The number of benzene rings is 1. The highest BCUT2D eigenvalue weighted by Crippen LogP contribution is 2.24. The number of hydrogen-bond acceptors (Lipinski definition) is 2. The Bertz CT molecular complexity index is 605. The molecule has 0 spiro atoms. The molecule has 1 heterocycles. The van der Waals surface area contributed by atoms with E-state index in [2.05, 4.69) is 0 Å². The smallest absolute Gasteiger partial charge is 0.131 e. The molecule has 0 atom stereocenters. The molecule has 2 rings (SSSR count). The SMILES string of the molecule is Cc1ccc(/C=C(/C#N)c2ccccc2F)s1. The average molecular weight is 243 g/mol. The number of hydrogen-bond donors (Lipinski definition) is 0. The second-order valence-corrected chi connectivity index (χ2v) is 4.92. The first-order valence-corrected chi connectivity index (χ1v) is 5.95. The summed E-state index contributed by atoms with van der Waals surface area (Å²) in [6.45, 7) is 2.00. The van der Waals surface area contributed by atoms with Gasteiger partial charge in [-0.15, -0.1) is 11.3 Å². The third-order valence-electron chi connectivity index (χ3n) is 2.33. The highest BCUT2D eigenvalue weighted by atomic mass is 32.1. The van der Waals surface area contributed by atoms with Crippen molar-refractivity contribution >= 4 is 23.0 Å². The van der Waals surface area contributed by atoms with Crippen LogP contribution < -0.4 is 0 Å². The lowest BCUT2D eigenvalue weighted by Gasteiger charge is -1.99. The molecular weight excluding hydrogens is 233 g/mol. The molecule has 1 aromatic heterocycles. The molecule has 0 unspecified atom stereocenters. The van der Waals surface area contributed by atoms with E-state index in [4.69, 9.17) is 5.26 Å². The van der Waals surface area contributed by atoms with Crippen LogP contribution in [0.1, 0.15) is 15.3 Å².